The Balaban J connectivity index is 0.00000162. The highest BCUT2D eigenvalue weighted by Crippen LogP contribution is 2.30. The van der Waals surface area contributed by atoms with Gasteiger partial charge in [0.15, 0.2) is 0 Å². The summed E-state index contributed by atoms with van der Waals surface area (Å²) in [5.74, 6) is 0. The van der Waals surface area contributed by atoms with Crippen molar-refractivity contribution in [3.63, 3.8) is 0 Å². The van der Waals surface area contributed by atoms with Gasteiger partial charge in [0.25, 0.3) is 10.2 Å². The molecule has 2 N–H and O–H groups in total. The van der Waals surface area contributed by atoms with Gasteiger partial charge in [0.1, 0.15) is 0 Å². The second-order valence-corrected chi connectivity index (χ2v) is 7.76. The third-order valence-corrected chi connectivity index (χ3v) is 5.98. The van der Waals surface area contributed by atoms with Gasteiger partial charge in [0.05, 0.1) is 0 Å². The van der Waals surface area contributed by atoms with E-state index in [2.05, 4.69) is 0 Å². The lowest BCUT2D eigenvalue weighted by Crippen LogP contribution is -2.56. The molecule has 0 aromatic heterocycles. The van der Waals surface area contributed by atoms with Gasteiger partial charge in [-0.2, -0.15) is 17.0 Å². The van der Waals surface area contributed by atoms with Crippen LogP contribution in [0.15, 0.2) is 0 Å². The second kappa shape index (κ2) is 5.63. The van der Waals surface area contributed by atoms with E-state index in [9.17, 15) is 8.42 Å². The van der Waals surface area contributed by atoms with Crippen molar-refractivity contribution in [3.05, 3.63) is 0 Å². The number of halogens is 1. The first-order valence-corrected chi connectivity index (χ1v) is 7.74. The van der Waals surface area contributed by atoms with Gasteiger partial charge in [-0.3, -0.25) is 0 Å². The first kappa shape index (κ1) is 16.2. The number of nitrogens with two attached hydrogens (primary N) is 1. The molecule has 7 heteroatoms. The third kappa shape index (κ3) is 2.99. The Morgan fingerprint density at radius 1 is 1.11 bits per heavy atom. The summed E-state index contributed by atoms with van der Waals surface area (Å²) in [6.07, 6.45) is 2.71. The van der Waals surface area contributed by atoms with Crippen LogP contribution in [0.2, 0.25) is 0 Å². The van der Waals surface area contributed by atoms with Gasteiger partial charge < -0.3 is 5.73 Å². The van der Waals surface area contributed by atoms with Gasteiger partial charge in [0, 0.05) is 32.2 Å². The molecule has 5 nitrogen and oxygen atoms in total. The minimum Gasteiger partial charge on any atom is -0.327 e. The maximum absolute atomic E-state index is 12.4. The van der Waals surface area contributed by atoms with Crippen molar-refractivity contribution >= 4 is 22.6 Å². The highest BCUT2D eigenvalue weighted by Gasteiger charge is 2.40. The van der Waals surface area contributed by atoms with Gasteiger partial charge in [-0.1, -0.05) is 13.8 Å². The largest absolute Gasteiger partial charge is 0.327 e. The predicted octanol–water partition coefficient (Wildman–Crippen LogP) is 0.808. The van der Waals surface area contributed by atoms with Gasteiger partial charge in [0.2, 0.25) is 0 Å². The van der Waals surface area contributed by atoms with Crippen LogP contribution in [0, 0.1) is 5.41 Å². The normalized spacial score (nSPS) is 30.1. The fraction of sp³-hybridized carbons (Fsp3) is 1.00. The molecule has 0 bridgehead atoms. The van der Waals surface area contributed by atoms with Crippen molar-refractivity contribution in [2.45, 2.75) is 39.2 Å². The lowest BCUT2D eigenvalue weighted by atomic mass is 9.81. The molecule has 2 saturated heterocycles. The van der Waals surface area contributed by atoms with E-state index in [4.69, 9.17) is 5.73 Å². The van der Waals surface area contributed by atoms with Crippen molar-refractivity contribution in [1.29, 1.82) is 0 Å². The molecular weight excluding hydrogens is 274 g/mol. The smallest absolute Gasteiger partial charge is 0.281 e. The van der Waals surface area contributed by atoms with Crippen LogP contribution in [0.25, 0.3) is 0 Å². The zero-order chi connectivity index (χ0) is 12.7. The van der Waals surface area contributed by atoms with Crippen LogP contribution < -0.4 is 5.73 Å². The molecule has 2 heterocycles. The molecule has 1 unspecified atom stereocenters. The molecule has 2 aliphatic rings. The lowest BCUT2D eigenvalue weighted by Gasteiger charge is -2.42. The van der Waals surface area contributed by atoms with E-state index in [1.807, 2.05) is 13.8 Å². The summed E-state index contributed by atoms with van der Waals surface area (Å²) < 4.78 is 28.0. The van der Waals surface area contributed by atoms with E-state index in [1.54, 1.807) is 8.61 Å². The second-order valence-electron chi connectivity index (χ2n) is 5.83. The van der Waals surface area contributed by atoms with Gasteiger partial charge in [-0.15, -0.1) is 12.4 Å². The summed E-state index contributed by atoms with van der Waals surface area (Å²) in [7, 11) is -3.25. The molecule has 2 fully saturated rings. The van der Waals surface area contributed by atoms with E-state index in [0.717, 1.165) is 19.3 Å². The van der Waals surface area contributed by atoms with E-state index < -0.39 is 10.2 Å². The molecule has 0 saturated carbocycles. The first-order chi connectivity index (χ1) is 7.84. The van der Waals surface area contributed by atoms with Crippen molar-refractivity contribution in [3.8, 4) is 0 Å². The summed E-state index contributed by atoms with van der Waals surface area (Å²) in [5.41, 5.74) is 5.90. The maximum Gasteiger partial charge on any atom is 0.281 e. The fourth-order valence-corrected chi connectivity index (χ4v) is 4.48. The monoisotopic (exact) mass is 297 g/mol. The zero-order valence-electron chi connectivity index (χ0n) is 11.1. The Hall–Kier alpha value is 0.120. The fourth-order valence-electron chi connectivity index (χ4n) is 2.60. The number of rotatable bonds is 2. The molecule has 0 aromatic rings. The van der Waals surface area contributed by atoms with Crippen LogP contribution >= 0.6 is 12.4 Å². The first-order valence-electron chi connectivity index (χ1n) is 6.35. The van der Waals surface area contributed by atoms with Crippen molar-refractivity contribution in [1.82, 2.24) is 8.61 Å². The van der Waals surface area contributed by atoms with E-state index >= 15 is 0 Å². The SMILES string of the molecule is CC1(C)CN(S(=O)(=O)N2CCCC2)CCC1N.Cl. The molecule has 2 aliphatic heterocycles. The number of piperidine rings is 1. The van der Waals surface area contributed by atoms with Crippen LogP contribution in [-0.2, 0) is 10.2 Å². The van der Waals surface area contributed by atoms with E-state index in [1.165, 1.54) is 0 Å². The average molecular weight is 298 g/mol. The third-order valence-electron chi connectivity index (χ3n) is 3.99. The predicted molar refractivity (Wildman–Crippen MR) is 74.9 cm³/mol. The summed E-state index contributed by atoms with van der Waals surface area (Å²) in [6.45, 7) is 6.53. The quantitative estimate of drug-likeness (QED) is 0.820. The Labute approximate surface area is 116 Å². The molecule has 2 rings (SSSR count). The van der Waals surface area contributed by atoms with Crippen LogP contribution in [0.1, 0.15) is 33.1 Å². The molecule has 18 heavy (non-hydrogen) atoms. The maximum atomic E-state index is 12.4. The molecule has 1 atom stereocenters. The Kier molecular flexibility index (Phi) is 5.06. The molecule has 0 radical (unpaired) electrons. The minimum atomic E-state index is -3.25. The Bertz CT molecular complexity index is 380. The van der Waals surface area contributed by atoms with Crippen molar-refractivity contribution < 1.29 is 8.42 Å². The minimum absolute atomic E-state index is 0. The molecule has 0 amide bonds. The van der Waals surface area contributed by atoms with E-state index in [-0.39, 0.29) is 23.9 Å². The van der Waals surface area contributed by atoms with Crippen LogP contribution in [-0.4, -0.2) is 49.2 Å². The van der Waals surface area contributed by atoms with Crippen LogP contribution in [0.3, 0.4) is 0 Å². The summed E-state index contributed by atoms with van der Waals surface area (Å²) in [5, 5.41) is 0. The van der Waals surface area contributed by atoms with Gasteiger partial charge in [-0.05, 0) is 24.7 Å². The van der Waals surface area contributed by atoms with Crippen LogP contribution in [0.4, 0.5) is 0 Å². The molecule has 0 aliphatic carbocycles. The topological polar surface area (TPSA) is 66.6 Å². The molecule has 0 aromatic carbocycles. The van der Waals surface area contributed by atoms with Gasteiger partial charge >= 0.3 is 0 Å². The van der Waals surface area contributed by atoms with Gasteiger partial charge in [-0.25, -0.2) is 0 Å². The number of hydrogen-bond acceptors (Lipinski definition) is 3. The summed E-state index contributed by atoms with van der Waals surface area (Å²) >= 11 is 0. The van der Waals surface area contributed by atoms with E-state index in [0.29, 0.717) is 26.2 Å². The standard InChI is InChI=1S/C11H23N3O2S.ClH/c1-11(2)9-14(8-5-10(11)12)17(15,16)13-6-3-4-7-13;/h10H,3-9,12H2,1-2H3;1H. The Morgan fingerprint density at radius 3 is 2.17 bits per heavy atom. The lowest BCUT2D eigenvalue weighted by molar-refractivity contribution is 0.150. The highest BCUT2D eigenvalue weighted by molar-refractivity contribution is 7.86. The molecule has 0 spiro atoms. The molecular formula is C11H24ClN3O2S. The number of hydrogen-bond donors (Lipinski definition) is 1. The number of nitrogens with zero attached hydrogens (tertiary/aromatic N) is 2. The van der Waals surface area contributed by atoms with Crippen molar-refractivity contribution in [2.24, 2.45) is 11.1 Å². The summed E-state index contributed by atoms with van der Waals surface area (Å²) in [4.78, 5) is 0. The average Bonchev–Trinajstić information content (AvgIpc) is 2.75. The van der Waals surface area contributed by atoms with Crippen molar-refractivity contribution in [2.75, 3.05) is 26.2 Å². The highest BCUT2D eigenvalue weighted by atomic mass is 35.5. The summed E-state index contributed by atoms with van der Waals surface area (Å²) in [6, 6.07) is 0.0903. The zero-order valence-corrected chi connectivity index (χ0v) is 12.8. The molecule has 108 valence electrons. The Morgan fingerprint density at radius 2 is 1.67 bits per heavy atom. The van der Waals surface area contributed by atoms with Crippen LogP contribution in [0.5, 0.6) is 0 Å².